The molecule has 20 nitrogen and oxygen atoms in total. The smallest absolute Gasteiger partial charge is 0.220 e. The number of methoxy groups -OCH3 is 5. The number of benzene rings is 5. The van der Waals surface area contributed by atoms with Crippen molar-refractivity contribution in [2.45, 2.75) is 394 Å². The second-order valence-corrected chi connectivity index (χ2v) is 39.6. The Bertz CT molecular complexity index is 3830. The molecule has 0 aliphatic rings. The Morgan fingerprint density at radius 1 is 0.273 bits per heavy atom. The van der Waals surface area contributed by atoms with Gasteiger partial charge in [-0.1, -0.05) is 194 Å². The van der Waals surface area contributed by atoms with Gasteiger partial charge in [-0.2, -0.15) is 0 Å². The van der Waals surface area contributed by atoms with Crippen molar-refractivity contribution in [3.05, 3.63) is 143 Å². The van der Waals surface area contributed by atoms with Gasteiger partial charge in [-0.15, -0.1) is 0 Å². The molecule has 0 bridgehead atoms. The van der Waals surface area contributed by atoms with Crippen molar-refractivity contribution < 1.29 is 71.3 Å². The highest BCUT2D eigenvalue weighted by atomic mass is 16.5. The van der Waals surface area contributed by atoms with E-state index in [4.69, 9.17) is 47.4 Å². The Kier molecular flexibility index (Phi) is 59.1. The van der Waals surface area contributed by atoms with Crippen molar-refractivity contribution in [2.24, 2.45) is 23.7 Å². The van der Waals surface area contributed by atoms with Crippen LogP contribution in [0.15, 0.2) is 115 Å². The van der Waals surface area contributed by atoms with Gasteiger partial charge in [0.1, 0.15) is 28.0 Å². The van der Waals surface area contributed by atoms with Gasteiger partial charge in [-0.3, -0.25) is 24.0 Å². The van der Waals surface area contributed by atoms with Crippen LogP contribution in [0.2, 0.25) is 0 Å². The van der Waals surface area contributed by atoms with Crippen LogP contribution in [0.4, 0.5) is 0 Å². The molecule has 5 amide bonds. The Morgan fingerprint density at radius 2 is 0.469 bits per heavy atom. The minimum absolute atomic E-state index is 0.0897. The highest BCUT2D eigenvalue weighted by Gasteiger charge is 2.22. The lowest BCUT2D eigenvalue weighted by atomic mass is 10.0. The lowest BCUT2D eigenvalue weighted by molar-refractivity contribution is -0.122. The summed E-state index contributed by atoms with van der Waals surface area (Å²) >= 11 is 0. The lowest BCUT2D eigenvalue weighted by Gasteiger charge is -2.23. The molecule has 5 N–H and O–H groups in total. The Hall–Kier alpha value is -9.07. The molecule has 0 saturated carbocycles. The Morgan fingerprint density at radius 3 is 0.664 bits per heavy atom. The lowest BCUT2D eigenvalue weighted by Crippen LogP contribution is -2.24. The van der Waals surface area contributed by atoms with Crippen LogP contribution in [-0.2, 0) is 56.7 Å². The summed E-state index contributed by atoms with van der Waals surface area (Å²) in [4.78, 5) is 59.9. The van der Waals surface area contributed by atoms with Gasteiger partial charge >= 0.3 is 0 Å². The molecule has 0 radical (unpaired) electrons. The monoisotopic (exact) mass is 1780 g/mol. The maximum Gasteiger partial charge on any atom is 0.220 e. The van der Waals surface area contributed by atoms with Crippen LogP contribution in [0.3, 0.4) is 0 Å². The summed E-state index contributed by atoms with van der Waals surface area (Å²) < 4.78 is 56.5. The number of hydrogen-bond acceptors (Lipinski definition) is 15. The number of nitrogens with one attached hydrogen (secondary N) is 5. The van der Waals surface area contributed by atoms with Gasteiger partial charge in [0.15, 0.2) is 57.5 Å². The highest BCUT2D eigenvalue weighted by Crippen LogP contribution is 2.36. The predicted octanol–water partition coefficient (Wildman–Crippen LogP) is 26.3. The third-order valence-electron chi connectivity index (χ3n) is 19.1. The molecule has 5 aromatic carbocycles. The normalized spacial score (nSPS) is 11.6. The molecule has 0 aromatic heterocycles. The average molecular weight is 1790 g/mol. The van der Waals surface area contributed by atoms with E-state index in [1.807, 2.05) is 195 Å². The molecular weight excluding hydrogens is 1610 g/mol. The molecule has 0 saturated heterocycles. The van der Waals surface area contributed by atoms with Gasteiger partial charge in [-0.05, 0) is 274 Å². The Labute approximate surface area is 776 Å². The summed E-state index contributed by atoms with van der Waals surface area (Å²) in [6, 6.07) is 28.9. The van der Waals surface area contributed by atoms with E-state index in [1.54, 1.807) is 35.5 Å². The van der Waals surface area contributed by atoms with Crippen molar-refractivity contribution in [1.29, 1.82) is 0 Å². The van der Waals surface area contributed by atoms with Gasteiger partial charge in [0, 0.05) is 64.8 Å². The first-order chi connectivity index (χ1) is 60.2. The summed E-state index contributed by atoms with van der Waals surface area (Å²) in [5, 5.41) is 14.9. The molecule has 5 aromatic rings. The van der Waals surface area contributed by atoms with Gasteiger partial charge in [0.25, 0.3) is 0 Å². The van der Waals surface area contributed by atoms with E-state index in [0.29, 0.717) is 117 Å². The van der Waals surface area contributed by atoms with Crippen LogP contribution in [0.1, 0.15) is 361 Å². The third kappa shape index (κ3) is 62.2. The third-order valence-corrected chi connectivity index (χ3v) is 19.1. The summed E-state index contributed by atoms with van der Waals surface area (Å²) in [5.74, 6) is 10.2. The second-order valence-electron chi connectivity index (χ2n) is 39.6. The quantitative estimate of drug-likeness (QED) is 0.0180. The zero-order valence-corrected chi connectivity index (χ0v) is 85.3. The van der Waals surface area contributed by atoms with Crippen molar-refractivity contribution in [2.75, 3.05) is 35.5 Å². The molecule has 0 spiro atoms. The number of ether oxygens (including phenoxy) is 10. The molecule has 0 aliphatic heterocycles. The fraction of sp³-hybridized carbons (Fsp3) is 0.639. The van der Waals surface area contributed by atoms with Crippen LogP contribution in [0, 0.1) is 23.7 Å². The molecular formula is C108H177N5O15. The zero-order chi connectivity index (χ0) is 96.3. The standard InChI is InChI=1S/C22H37NO3.2C22H35NO3.2C21H35NO3/c3*1-17(2)11-9-7-8-10-12-21(24)23-16-18-13-14-19(20(15-18)25-6)26-22(3,4)5;1-16(2)10-8-7-9-11-20(23)22-15-17-12-13-18(19(14-17)24-6)25-21(3,4)5;1-6-7-8-9-10-11-12-20(23)22-16-17-13-14-18(19(15-17)24-5)25-21(2,3)4/h13-15,17H,7-12,16H2,1-6H3,(H,23,24);2*9,11,13-15,17H,7-8,10,12,16H2,1-6H3,(H,23,24);12-14,16H,7-11,15H2,1-6H3,(H,22,23);13-15H,6-12,16H2,1-5H3,(H,22,23)/b;11-9+;11-9-;;. The van der Waals surface area contributed by atoms with Crippen LogP contribution < -0.4 is 74.0 Å². The highest BCUT2D eigenvalue weighted by molar-refractivity contribution is 5.77. The topological polar surface area (TPSA) is 238 Å². The van der Waals surface area contributed by atoms with E-state index in [9.17, 15) is 24.0 Å². The van der Waals surface area contributed by atoms with Gasteiger partial charge in [-0.25, -0.2) is 0 Å². The first-order valence-electron chi connectivity index (χ1n) is 47.7. The fourth-order valence-corrected chi connectivity index (χ4v) is 12.7. The molecule has 0 unspecified atom stereocenters. The molecule has 724 valence electrons. The zero-order valence-electron chi connectivity index (χ0n) is 85.3. The van der Waals surface area contributed by atoms with Gasteiger partial charge < -0.3 is 74.0 Å². The van der Waals surface area contributed by atoms with Crippen molar-refractivity contribution in [3.8, 4) is 57.5 Å². The maximum absolute atomic E-state index is 12.0. The van der Waals surface area contributed by atoms with Gasteiger partial charge in [0.05, 0.1) is 35.5 Å². The van der Waals surface area contributed by atoms with E-state index in [1.165, 1.54) is 57.8 Å². The maximum atomic E-state index is 12.0. The average Bonchev–Trinajstić information content (AvgIpc) is 0.868. The summed E-state index contributed by atoms with van der Waals surface area (Å²) in [5.41, 5.74) is 3.61. The number of rotatable bonds is 52. The minimum Gasteiger partial charge on any atom is -0.493 e. The van der Waals surface area contributed by atoms with Crippen molar-refractivity contribution in [3.63, 3.8) is 0 Å². The van der Waals surface area contributed by atoms with Crippen LogP contribution in [-0.4, -0.2) is 93.1 Å². The SMILES string of the molecule is CCCCCCCCC(=O)NCc1ccc(OC(C)(C)C)c(OC)c1.COc1cc(CNC(=O)CCCC/C=C/C(C)C)ccc1OC(C)(C)C.COc1cc(CNC(=O)CCCC/C=C\C(C)C)ccc1OC(C)(C)C.COc1cc(CNC(=O)CCCCCC(C)C)ccc1OC(C)(C)C.COc1cc(CNC(=O)CCCCCCC(C)C)ccc1OC(C)(C)C. The Balaban J connectivity index is 0.000000800. The summed E-state index contributed by atoms with van der Waals surface area (Å²) in [6.45, 7) is 52.4. The molecule has 128 heavy (non-hydrogen) atoms. The predicted molar refractivity (Wildman–Crippen MR) is 529 cm³/mol. The molecule has 0 aliphatic carbocycles. The number of amides is 5. The first-order valence-corrected chi connectivity index (χ1v) is 47.7. The number of carbonyl (C=O) groups excluding carboxylic acids is 5. The molecule has 0 heterocycles. The summed E-state index contributed by atoms with van der Waals surface area (Å²) in [6.07, 6.45) is 35.3. The van der Waals surface area contributed by atoms with E-state index in [-0.39, 0.29) is 57.5 Å². The molecule has 5 rings (SSSR count). The van der Waals surface area contributed by atoms with Crippen LogP contribution in [0.25, 0.3) is 0 Å². The first kappa shape index (κ1) is 117. The number of carbonyl (C=O) groups is 5. The van der Waals surface area contributed by atoms with E-state index in [0.717, 1.165) is 134 Å². The fourth-order valence-electron chi connectivity index (χ4n) is 12.7. The summed E-state index contributed by atoms with van der Waals surface area (Å²) in [7, 11) is 8.14. The van der Waals surface area contributed by atoms with Crippen molar-refractivity contribution in [1.82, 2.24) is 26.6 Å². The van der Waals surface area contributed by atoms with Crippen molar-refractivity contribution >= 4 is 29.5 Å². The number of allylic oxidation sites excluding steroid dienone is 4. The molecule has 0 fully saturated rings. The second kappa shape index (κ2) is 64.6. The minimum atomic E-state index is -0.284. The van der Waals surface area contributed by atoms with Crippen LogP contribution >= 0.6 is 0 Å². The van der Waals surface area contributed by atoms with E-state index in [2.05, 4.69) is 113 Å². The van der Waals surface area contributed by atoms with E-state index >= 15 is 0 Å². The molecule has 0 atom stereocenters. The number of unbranched alkanes of at least 4 members (excludes halogenated alkanes) is 14. The number of hydrogen-bond donors (Lipinski definition) is 5. The van der Waals surface area contributed by atoms with E-state index < -0.39 is 0 Å². The van der Waals surface area contributed by atoms with Crippen LogP contribution in [0.5, 0.6) is 57.5 Å². The van der Waals surface area contributed by atoms with Gasteiger partial charge in [0.2, 0.25) is 29.5 Å². The largest absolute Gasteiger partial charge is 0.493 e. The molecule has 20 heteroatoms.